The molecule has 0 spiro atoms. The highest BCUT2D eigenvalue weighted by atomic mass is 32.2. The van der Waals surface area contributed by atoms with Crippen LogP contribution in [0, 0.1) is 6.92 Å². The molecule has 0 aromatic heterocycles. The number of amides is 1. The van der Waals surface area contributed by atoms with E-state index in [1.165, 1.54) is 10.6 Å². The quantitative estimate of drug-likeness (QED) is 0.681. The number of carbonyl (C=O) groups excluding carboxylic acids is 1. The van der Waals surface area contributed by atoms with Crippen LogP contribution in [0.2, 0.25) is 0 Å². The van der Waals surface area contributed by atoms with Gasteiger partial charge in [-0.1, -0.05) is 48.0 Å². The Morgan fingerprint density at radius 2 is 1.50 bits per heavy atom. The van der Waals surface area contributed by atoms with Crippen LogP contribution in [0.1, 0.15) is 21.5 Å². The van der Waals surface area contributed by atoms with Crippen molar-refractivity contribution in [2.24, 2.45) is 0 Å². The van der Waals surface area contributed by atoms with Gasteiger partial charge in [-0.2, -0.15) is 0 Å². The van der Waals surface area contributed by atoms with Crippen LogP contribution in [0.3, 0.4) is 0 Å². The van der Waals surface area contributed by atoms with Crippen molar-refractivity contribution < 1.29 is 13.2 Å². The van der Waals surface area contributed by atoms with E-state index >= 15 is 0 Å². The molecule has 6 heteroatoms. The summed E-state index contributed by atoms with van der Waals surface area (Å²) in [6.45, 7) is 2.18. The number of aryl methyl sites for hydroxylation is 1. The summed E-state index contributed by atoms with van der Waals surface area (Å²) in [6.07, 6.45) is 1.18. The standard InChI is InChI=1S/C22H22N2O3S/c1-17-8-14-20(15-9-17)23-22(25)19-12-10-18(11-13-19)16-24(28(2,26)27)21-6-4-3-5-7-21/h3-15H,16H2,1-2H3,(H,23,25). The van der Waals surface area contributed by atoms with Crippen molar-refractivity contribution in [2.45, 2.75) is 13.5 Å². The molecule has 0 aliphatic rings. The van der Waals surface area contributed by atoms with Gasteiger partial charge in [-0.15, -0.1) is 0 Å². The Kier molecular flexibility index (Phi) is 5.80. The fraction of sp³-hybridized carbons (Fsp3) is 0.136. The van der Waals surface area contributed by atoms with E-state index in [0.717, 1.165) is 16.8 Å². The van der Waals surface area contributed by atoms with Gasteiger partial charge >= 0.3 is 0 Å². The second-order valence-electron chi connectivity index (χ2n) is 6.62. The maximum atomic E-state index is 12.4. The molecule has 28 heavy (non-hydrogen) atoms. The van der Waals surface area contributed by atoms with Crippen LogP contribution in [0.4, 0.5) is 11.4 Å². The average molecular weight is 394 g/mol. The Hall–Kier alpha value is -3.12. The molecule has 3 aromatic carbocycles. The summed E-state index contributed by atoms with van der Waals surface area (Å²) in [4.78, 5) is 12.4. The van der Waals surface area contributed by atoms with Crippen molar-refractivity contribution in [3.05, 3.63) is 95.6 Å². The Labute approximate surface area is 165 Å². The Bertz CT molecular complexity index is 1050. The van der Waals surface area contributed by atoms with Crippen molar-refractivity contribution in [1.82, 2.24) is 0 Å². The molecular formula is C22H22N2O3S. The van der Waals surface area contributed by atoms with E-state index in [1.807, 2.05) is 37.3 Å². The zero-order chi connectivity index (χ0) is 20.1. The van der Waals surface area contributed by atoms with Crippen molar-refractivity contribution in [3.8, 4) is 0 Å². The van der Waals surface area contributed by atoms with E-state index < -0.39 is 10.0 Å². The third-order valence-corrected chi connectivity index (χ3v) is 5.44. The van der Waals surface area contributed by atoms with Crippen molar-refractivity contribution in [2.75, 3.05) is 15.9 Å². The molecule has 0 saturated heterocycles. The minimum atomic E-state index is -3.43. The van der Waals surface area contributed by atoms with Crippen molar-refractivity contribution >= 4 is 27.3 Å². The van der Waals surface area contributed by atoms with Crippen LogP contribution < -0.4 is 9.62 Å². The number of carbonyl (C=O) groups is 1. The number of hydrogen-bond donors (Lipinski definition) is 1. The molecule has 0 heterocycles. The maximum absolute atomic E-state index is 12.4. The zero-order valence-electron chi connectivity index (χ0n) is 15.8. The van der Waals surface area contributed by atoms with Gasteiger partial charge in [0.1, 0.15) is 0 Å². The average Bonchev–Trinajstić information content (AvgIpc) is 2.68. The lowest BCUT2D eigenvalue weighted by Crippen LogP contribution is -2.29. The second-order valence-corrected chi connectivity index (χ2v) is 8.53. The summed E-state index contributed by atoms with van der Waals surface area (Å²) in [6, 6.07) is 23.4. The maximum Gasteiger partial charge on any atom is 0.255 e. The molecule has 0 atom stereocenters. The van der Waals surface area contributed by atoms with E-state index in [0.29, 0.717) is 11.3 Å². The number of benzene rings is 3. The molecule has 0 fully saturated rings. The van der Waals surface area contributed by atoms with Crippen molar-refractivity contribution in [1.29, 1.82) is 0 Å². The third kappa shape index (κ3) is 4.98. The Morgan fingerprint density at radius 3 is 2.07 bits per heavy atom. The molecule has 0 radical (unpaired) electrons. The lowest BCUT2D eigenvalue weighted by atomic mass is 10.1. The van der Waals surface area contributed by atoms with Gasteiger partial charge in [0.05, 0.1) is 18.5 Å². The topological polar surface area (TPSA) is 66.5 Å². The number of para-hydroxylation sites is 1. The molecular weight excluding hydrogens is 372 g/mol. The first-order valence-electron chi connectivity index (χ1n) is 8.83. The van der Waals surface area contributed by atoms with Crippen molar-refractivity contribution in [3.63, 3.8) is 0 Å². The lowest BCUT2D eigenvalue weighted by molar-refractivity contribution is 0.102. The smallest absolute Gasteiger partial charge is 0.255 e. The largest absolute Gasteiger partial charge is 0.322 e. The molecule has 3 rings (SSSR count). The van der Waals surface area contributed by atoms with Crippen LogP contribution in [0.5, 0.6) is 0 Å². The minimum absolute atomic E-state index is 0.197. The number of anilines is 2. The predicted molar refractivity (Wildman–Crippen MR) is 113 cm³/mol. The minimum Gasteiger partial charge on any atom is -0.322 e. The summed E-state index contributed by atoms with van der Waals surface area (Å²) < 4.78 is 25.7. The number of hydrogen-bond acceptors (Lipinski definition) is 3. The fourth-order valence-electron chi connectivity index (χ4n) is 2.76. The summed E-state index contributed by atoms with van der Waals surface area (Å²) in [5, 5.41) is 2.85. The Morgan fingerprint density at radius 1 is 0.893 bits per heavy atom. The molecule has 5 nitrogen and oxygen atoms in total. The highest BCUT2D eigenvalue weighted by Crippen LogP contribution is 2.20. The summed E-state index contributed by atoms with van der Waals surface area (Å²) in [5.41, 5.74) is 3.76. The molecule has 0 bridgehead atoms. The van der Waals surface area contributed by atoms with Gasteiger partial charge in [0.2, 0.25) is 10.0 Å². The highest BCUT2D eigenvalue weighted by molar-refractivity contribution is 7.92. The number of rotatable bonds is 6. The predicted octanol–water partition coefficient (Wildman–Crippen LogP) is 4.21. The molecule has 3 aromatic rings. The highest BCUT2D eigenvalue weighted by Gasteiger charge is 2.17. The van der Waals surface area contributed by atoms with Gasteiger partial charge in [0, 0.05) is 11.3 Å². The molecule has 0 unspecified atom stereocenters. The molecule has 0 saturated carbocycles. The van der Waals surface area contributed by atoms with Crippen LogP contribution in [-0.4, -0.2) is 20.6 Å². The van der Waals surface area contributed by atoms with E-state index in [9.17, 15) is 13.2 Å². The van der Waals surface area contributed by atoms with Gasteiger partial charge < -0.3 is 5.32 Å². The van der Waals surface area contributed by atoms with Gasteiger partial charge in [0.25, 0.3) is 5.91 Å². The normalized spacial score (nSPS) is 11.1. The first kappa shape index (κ1) is 19.6. The first-order valence-corrected chi connectivity index (χ1v) is 10.7. The van der Waals surface area contributed by atoms with Gasteiger partial charge in [-0.3, -0.25) is 9.10 Å². The van der Waals surface area contributed by atoms with E-state index in [4.69, 9.17) is 0 Å². The first-order chi connectivity index (χ1) is 13.3. The molecule has 144 valence electrons. The molecule has 0 aliphatic heterocycles. The number of sulfonamides is 1. The van der Waals surface area contributed by atoms with Crippen LogP contribution in [-0.2, 0) is 16.6 Å². The Balaban J connectivity index is 1.74. The molecule has 1 amide bonds. The monoisotopic (exact) mass is 394 g/mol. The van der Waals surface area contributed by atoms with E-state index in [1.54, 1.807) is 48.5 Å². The van der Waals surface area contributed by atoms with Crippen LogP contribution in [0.15, 0.2) is 78.9 Å². The van der Waals surface area contributed by atoms with Crippen LogP contribution in [0.25, 0.3) is 0 Å². The number of nitrogens with one attached hydrogen (secondary N) is 1. The van der Waals surface area contributed by atoms with Gasteiger partial charge in [0.15, 0.2) is 0 Å². The second kappa shape index (κ2) is 8.27. The summed E-state index contributed by atoms with van der Waals surface area (Å²) >= 11 is 0. The zero-order valence-corrected chi connectivity index (χ0v) is 16.6. The SMILES string of the molecule is Cc1ccc(NC(=O)c2ccc(CN(c3ccccc3)S(C)(=O)=O)cc2)cc1. The van der Waals surface area contributed by atoms with Gasteiger partial charge in [-0.25, -0.2) is 8.42 Å². The summed E-state index contributed by atoms with van der Waals surface area (Å²) in [5.74, 6) is -0.210. The van der Waals surface area contributed by atoms with Crippen LogP contribution >= 0.6 is 0 Å². The molecule has 1 N–H and O–H groups in total. The third-order valence-electron chi connectivity index (χ3n) is 4.30. The molecule has 0 aliphatic carbocycles. The van der Waals surface area contributed by atoms with E-state index in [2.05, 4.69) is 5.32 Å². The van der Waals surface area contributed by atoms with Gasteiger partial charge in [-0.05, 0) is 48.9 Å². The fourth-order valence-corrected chi connectivity index (χ4v) is 3.65. The summed E-state index contributed by atoms with van der Waals surface area (Å²) in [7, 11) is -3.43. The lowest BCUT2D eigenvalue weighted by Gasteiger charge is -2.22. The number of nitrogens with zero attached hydrogens (tertiary/aromatic N) is 1. The van der Waals surface area contributed by atoms with E-state index in [-0.39, 0.29) is 12.5 Å².